The van der Waals surface area contributed by atoms with Gasteiger partial charge in [0.1, 0.15) is 0 Å². The number of nitrogens with two attached hydrogens (primary N) is 1. The normalized spacial score (nSPS) is 32.6. The Morgan fingerprint density at radius 3 is 2.80 bits per heavy atom. The third-order valence-corrected chi connectivity index (χ3v) is 1.99. The van der Waals surface area contributed by atoms with Gasteiger partial charge < -0.3 is 5.73 Å². The topological polar surface area (TPSA) is 38.0 Å². The highest BCUT2D eigenvalue weighted by Crippen LogP contribution is 2.15. The highest BCUT2D eigenvalue weighted by atomic mass is 15.0. The molecule has 1 rings (SSSR count). The molecule has 0 spiro atoms. The lowest BCUT2D eigenvalue weighted by atomic mass is 9.95. The second kappa shape index (κ2) is 3.74. The van der Waals surface area contributed by atoms with E-state index in [2.05, 4.69) is 24.4 Å². The summed E-state index contributed by atoms with van der Waals surface area (Å²) in [6.45, 7) is 2.83. The molecule has 0 aromatic carbocycles. The van der Waals surface area contributed by atoms with Crippen molar-refractivity contribution in [2.24, 2.45) is 11.7 Å². The van der Waals surface area contributed by atoms with Gasteiger partial charge in [-0.15, -0.1) is 0 Å². The standard InChI is InChI=1S/C8H16N2/c1-7-2-4-8(5-3-7)10-6-9/h2,4,7-8,10H,3,5-6,9H2,1H3. The van der Waals surface area contributed by atoms with Crippen LogP contribution < -0.4 is 11.1 Å². The van der Waals surface area contributed by atoms with Crippen molar-refractivity contribution >= 4 is 0 Å². The van der Waals surface area contributed by atoms with Crippen LogP contribution in [0.4, 0.5) is 0 Å². The van der Waals surface area contributed by atoms with Crippen LogP contribution in [0, 0.1) is 5.92 Å². The van der Waals surface area contributed by atoms with E-state index in [1.54, 1.807) is 0 Å². The van der Waals surface area contributed by atoms with Gasteiger partial charge in [-0.1, -0.05) is 19.1 Å². The molecule has 0 aromatic rings. The molecule has 0 saturated carbocycles. The maximum Gasteiger partial charge on any atom is 0.0433 e. The lowest BCUT2D eigenvalue weighted by Gasteiger charge is -2.20. The zero-order valence-corrected chi connectivity index (χ0v) is 6.51. The molecule has 3 N–H and O–H groups in total. The average Bonchev–Trinajstić information content (AvgIpc) is 1.95. The summed E-state index contributed by atoms with van der Waals surface area (Å²) in [5.74, 6) is 0.760. The van der Waals surface area contributed by atoms with E-state index in [4.69, 9.17) is 5.73 Å². The largest absolute Gasteiger partial charge is 0.318 e. The Kier molecular flexibility index (Phi) is 2.90. The zero-order valence-electron chi connectivity index (χ0n) is 6.51. The fraction of sp³-hybridized carbons (Fsp3) is 0.750. The molecular formula is C8H16N2. The van der Waals surface area contributed by atoms with E-state index in [0.717, 1.165) is 5.92 Å². The van der Waals surface area contributed by atoms with E-state index in [9.17, 15) is 0 Å². The molecule has 0 saturated heterocycles. The molecule has 0 fully saturated rings. The molecule has 0 amide bonds. The van der Waals surface area contributed by atoms with Crippen LogP contribution >= 0.6 is 0 Å². The Hall–Kier alpha value is -0.340. The van der Waals surface area contributed by atoms with Gasteiger partial charge in [0.25, 0.3) is 0 Å². The first kappa shape index (κ1) is 7.76. The third-order valence-electron chi connectivity index (χ3n) is 1.99. The van der Waals surface area contributed by atoms with Crippen LogP contribution in [0.15, 0.2) is 12.2 Å². The Balaban J connectivity index is 2.30. The average molecular weight is 140 g/mol. The van der Waals surface area contributed by atoms with E-state index < -0.39 is 0 Å². The number of hydrogen-bond acceptors (Lipinski definition) is 2. The number of hydrogen-bond donors (Lipinski definition) is 2. The third kappa shape index (κ3) is 2.12. The zero-order chi connectivity index (χ0) is 7.40. The Morgan fingerprint density at radius 2 is 2.30 bits per heavy atom. The summed E-state index contributed by atoms with van der Waals surface area (Å²) in [6, 6.07) is 0.529. The first-order chi connectivity index (χ1) is 4.83. The van der Waals surface area contributed by atoms with Crippen LogP contribution in [0.2, 0.25) is 0 Å². The van der Waals surface area contributed by atoms with Gasteiger partial charge in [0.05, 0.1) is 0 Å². The van der Waals surface area contributed by atoms with Crippen LogP contribution in [-0.2, 0) is 0 Å². The second-order valence-corrected chi connectivity index (χ2v) is 2.95. The molecular weight excluding hydrogens is 124 g/mol. The van der Waals surface area contributed by atoms with E-state index in [1.807, 2.05) is 0 Å². The minimum absolute atomic E-state index is 0.529. The monoisotopic (exact) mass is 140 g/mol. The summed E-state index contributed by atoms with van der Waals surface area (Å²) in [7, 11) is 0. The van der Waals surface area contributed by atoms with Crippen molar-refractivity contribution in [3.05, 3.63) is 12.2 Å². The number of nitrogens with one attached hydrogen (secondary N) is 1. The maximum atomic E-state index is 5.35. The highest BCUT2D eigenvalue weighted by molar-refractivity contribution is 5.00. The van der Waals surface area contributed by atoms with Crippen molar-refractivity contribution in [2.45, 2.75) is 25.8 Å². The summed E-state index contributed by atoms with van der Waals surface area (Å²) in [4.78, 5) is 0. The van der Waals surface area contributed by atoms with Gasteiger partial charge in [0.2, 0.25) is 0 Å². The predicted octanol–water partition coefficient (Wildman–Crippen LogP) is 0.847. The lowest BCUT2D eigenvalue weighted by molar-refractivity contribution is 0.479. The fourth-order valence-electron chi connectivity index (χ4n) is 1.28. The first-order valence-electron chi connectivity index (χ1n) is 3.94. The molecule has 2 nitrogen and oxygen atoms in total. The molecule has 0 aromatic heterocycles. The van der Waals surface area contributed by atoms with Crippen LogP contribution in [0.5, 0.6) is 0 Å². The van der Waals surface area contributed by atoms with E-state index in [1.165, 1.54) is 12.8 Å². The maximum absolute atomic E-state index is 5.35. The summed E-state index contributed by atoms with van der Waals surface area (Å²) in [6.07, 6.45) is 7.00. The molecule has 58 valence electrons. The molecule has 1 aliphatic rings. The van der Waals surface area contributed by atoms with Gasteiger partial charge in [-0.05, 0) is 18.8 Å². The molecule has 2 atom stereocenters. The van der Waals surface area contributed by atoms with E-state index in [0.29, 0.717) is 12.7 Å². The Bertz CT molecular complexity index is 120. The second-order valence-electron chi connectivity index (χ2n) is 2.95. The summed E-state index contributed by atoms with van der Waals surface area (Å²) < 4.78 is 0. The lowest BCUT2D eigenvalue weighted by Crippen LogP contribution is -2.34. The van der Waals surface area contributed by atoms with Crippen molar-refractivity contribution in [2.75, 3.05) is 6.67 Å². The van der Waals surface area contributed by atoms with Gasteiger partial charge in [0.15, 0.2) is 0 Å². The fourth-order valence-corrected chi connectivity index (χ4v) is 1.28. The van der Waals surface area contributed by atoms with Crippen molar-refractivity contribution in [3.8, 4) is 0 Å². The summed E-state index contributed by atoms with van der Waals surface area (Å²) in [5.41, 5.74) is 5.35. The molecule has 0 radical (unpaired) electrons. The van der Waals surface area contributed by atoms with Crippen molar-refractivity contribution in [3.63, 3.8) is 0 Å². The van der Waals surface area contributed by atoms with Crippen LogP contribution in [-0.4, -0.2) is 12.7 Å². The molecule has 0 bridgehead atoms. The number of rotatable bonds is 2. The minimum atomic E-state index is 0.529. The number of allylic oxidation sites excluding steroid dienone is 1. The molecule has 2 unspecified atom stereocenters. The Morgan fingerprint density at radius 1 is 1.50 bits per heavy atom. The smallest absolute Gasteiger partial charge is 0.0433 e. The van der Waals surface area contributed by atoms with Crippen LogP contribution in [0.3, 0.4) is 0 Å². The van der Waals surface area contributed by atoms with Gasteiger partial charge >= 0.3 is 0 Å². The van der Waals surface area contributed by atoms with Crippen molar-refractivity contribution < 1.29 is 0 Å². The minimum Gasteiger partial charge on any atom is -0.318 e. The first-order valence-corrected chi connectivity index (χ1v) is 3.94. The summed E-state index contributed by atoms with van der Waals surface area (Å²) >= 11 is 0. The van der Waals surface area contributed by atoms with E-state index in [-0.39, 0.29) is 0 Å². The summed E-state index contributed by atoms with van der Waals surface area (Å²) in [5, 5.41) is 3.20. The van der Waals surface area contributed by atoms with Gasteiger partial charge in [-0.2, -0.15) is 0 Å². The van der Waals surface area contributed by atoms with Crippen molar-refractivity contribution in [1.29, 1.82) is 0 Å². The highest BCUT2D eigenvalue weighted by Gasteiger charge is 2.10. The SMILES string of the molecule is CC1C=CC(NCN)CC1. The van der Waals surface area contributed by atoms with Crippen molar-refractivity contribution in [1.82, 2.24) is 5.32 Å². The van der Waals surface area contributed by atoms with Gasteiger partial charge in [-0.3, -0.25) is 5.32 Å². The Labute approximate surface area is 62.5 Å². The molecule has 10 heavy (non-hydrogen) atoms. The predicted molar refractivity (Wildman–Crippen MR) is 43.5 cm³/mol. The van der Waals surface area contributed by atoms with Crippen LogP contribution in [0.1, 0.15) is 19.8 Å². The van der Waals surface area contributed by atoms with E-state index >= 15 is 0 Å². The van der Waals surface area contributed by atoms with Gasteiger partial charge in [0, 0.05) is 12.7 Å². The molecule has 2 heteroatoms. The van der Waals surface area contributed by atoms with Crippen LogP contribution in [0.25, 0.3) is 0 Å². The molecule has 0 heterocycles. The van der Waals surface area contributed by atoms with Gasteiger partial charge in [-0.25, -0.2) is 0 Å². The molecule has 0 aliphatic heterocycles. The quantitative estimate of drug-likeness (QED) is 0.441. The molecule has 1 aliphatic carbocycles.